The Morgan fingerprint density at radius 2 is 2.16 bits per heavy atom. The number of carbonyl (C=O) groups is 1. The van der Waals surface area contributed by atoms with Crippen molar-refractivity contribution in [1.29, 1.82) is 0 Å². The molecule has 0 saturated heterocycles. The average Bonchev–Trinajstić information content (AvgIpc) is 3.02. The highest BCUT2D eigenvalue weighted by Gasteiger charge is 2.16. The van der Waals surface area contributed by atoms with Gasteiger partial charge in [0.1, 0.15) is 0 Å². The van der Waals surface area contributed by atoms with Gasteiger partial charge < -0.3 is 15.6 Å². The van der Waals surface area contributed by atoms with Crippen molar-refractivity contribution in [2.24, 2.45) is 0 Å². The Balaban J connectivity index is 0.00000182. The molecule has 0 spiro atoms. The molecule has 25 heavy (non-hydrogen) atoms. The molecule has 4 rings (SSSR count). The molecule has 0 saturated carbocycles. The number of hydrogen-bond donors (Lipinski definition) is 3. The van der Waals surface area contributed by atoms with Gasteiger partial charge in [0.2, 0.25) is 0 Å². The summed E-state index contributed by atoms with van der Waals surface area (Å²) in [4.78, 5) is 31.2. The molecule has 1 aromatic carbocycles. The first-order chi connectivity index (χ1) is 11.7. The summed E-state index contributed by atoms with van der Waals surface area (Å²) in [6.45, 7) is 2.73. The Morgan fingerprint density at radius 1 is 1.32 bits per heavy atom. The number of para-hydroxylation sites is 2. The van der Waals surface area contributed by atoms with Gasteiger partial charge in [-0.05, 0) is 18.2 Å². The van der Waals surface area contributed by atoms with Crippen LogP contribution in [0.25, 0.3) is 11.0 Å². The minimum Gasteiger partial charge on any atom is -0.345 e. The fraction of sp³-hybridized carbons (Fsp3) is 0.250. The van der Waals surface area contributed by atoms with Crippen molar-refractivity contribution in [3.63, 3.8) is 0 Å². The lowest BCUT2D eigenvalue weighted by Gasteiger charge is -2.13. The number of benzene rings is 1. The van der Waals surface area contributed by atoms with E-state index < -0.39 is 11.5 Å². The van der Waals surface area contributed by atoms with E-state index in [0.717, 1.165) is 31.0 Å². The molecule has 1 aliphatic rings. The SMILES string of the molecule is Cl.O=C(NCc1cc2n(n1)CCNC2)c1nc2ccccc2[nH]c1=O. The lowest BCUT2D eigenvalue weighted by atomic mass is 10.3. The molecule has 0 atom stereocenters. The summed E-state index contributed by atoms with van der Waals surface area (Å²) in [6.07, 6.45) is 0. The van der Waals surface area contributed by atoms with E-state index in [9.17, 15) is 9.59 Å². The fourth-order valence-electron chi connectivity index (χ4n) is 2.78. The highest BCUT2D eigenvalue weighted by atomic mass is 35.5. The molecule has 1 amide bonds. The first-order valence-electron chi connectivity index (χ1n) is 7.74. The molecule has 0 bridgehead atoms. The summed E-state index contributed by atoms with van der Waals surface area (Å²) in [5, 5.41) is 10.4. The van der Waals surface area contributed by atoms with Crippen LogP contribution in [0.1, 0.15) is 21.9 Å². The van der Waals surface area contributed by atoms with Crippen LogP contribution < -0.4 is 16.2 Å². The van der Waals surface area contributed by atoms with Gasteiger partial charge in [0, 0.05) is 13.1 Å². The number of amides is 1. The average molecular weight is 361 g/mol. The lowest BCUT2D eigenvalue weighted by Crippen LogP contribution is -2.31. The van der Waals surface area contributed by atoms with Gasteiger partial charge in [-0.2, -0.15) is 5.10 Å². The number of rotatable bonds is 3. The summed E-state index contributed by atoms with van der Waals surface area (Å²) < 4.78 is 1.93. The number of carbonyl (C=O) groups excluding carboxylic acids is 1. The molecule has 9 heteroatoms. The number of nitrogens with one attached hydrogen (secondary N) is 3. The van der Waals surface area contributed by atoms with Crippen LogP contribution >= 0.6 is 12.4 Å². The predicted octanol–water partition coefficient (Wildman–Crippen LogP) is 0.575. The second-order valence-corrected chi connectivity index (χ2v) is 5.64. The molecule has 2 aromatic heterocycles. The maximum absolute atomic E-state index is 12.3. The van der Waals surface area contributed by atoms with Crippen LogP contribution in [0.2, 0.25) is 0 Å². The van der Waals surface area contributed by atoms with Gasteiger partial charge in [-0.1, -0.05) is 12.1 Å². The van der Waals surface area contributed by atoms with E-state index in [1.54, 1.807) is 24.3 Å². The first-order valence-corrected chi connectivity index (χ1v) is 7.74. The minimum absolute atomic E-state index is 0. The van der Waals surface area contributed by atoms with Gasteiger partial charge >= 0.3 is 0 Å². The zero-order valence-electron chi connectivity index (χ0n) is 13.3. The van der Waals surface area contributed by atoms with E-state index >= 15 is 0 Å². The molecule has 8 nitrogen and oxygen atoms in total. The Hall–Kier alpha value is -2.71. The van der Waals surface area contributed by atoms with Crippen molar-refractivity contribution in [3.05, 3.63) is 57.8 Å². The van der Waals surface area contributed by atoms with Crippen LogP contribution in [0.15, 0.2) is 35.1 Å². The smallest absolute Gasteiger partial charge is 0.280 e. The van der Waals surface area contributed by atoms with E-state index in [4.69, 9.17) is 0 Å². The Kier molecular flexibility index (Phi) is 4.82. The van der Waals surface area contributed by atoms with Gasteiger partial charge in [0.05, 0.1) is 35.5 Å². The second kappa shape index (κ2) is 7.04. The maximum Gasteiger partial charge on any atom is 0.280 e. The van der Waals surface area contributed by atoms with Gasteiger partial charge in [-0.25, -0.2) is 4.98 Å². The number of nitrogens with zero attached hydrogens (tertiary/aromatic N) is 3. The standard InChI is InChI=1S/C16H16N6O2.ClH/c23-15(14-16(24)20-13-4-2-1-3-12(13)19-14)18-8-10-7-11-9-17-5-6-22(11)21-10;/h1-4,7,17H,5-6,8-9H2,(H,18,23)(H,20,24);1H. The third kappa shape index (κ3) is 3.40. The van der Waals surface area contributed by atoms with Crippen LogP contribution in [-0.2, 0) is 19.6 Å². The van der Waals surface area contributed by atoms with Gasteiger partial charge in [0.15, 0.2) is 5.69 Å². The summed E-state index contributed by atoms with van der Waals surface area (Å²) >= 11 is 0. The molecular weight excluding hydrogens is 344 g/mol. The van der Waals surface area contributed by atoms with Crippen molar-refractivity contribution < 1.29 is 4.79 Å². The summed E-state index contributed by atoms with van der Waals surface area (Å²) in [5.41, 5.74) is 2.39. The third-order valence-electron chi connectivity index (χ3n) is 3.97. The minimum atomic E-state index is -0.508. The molecule has 3 heterocycles. The number of aromatic amines is 1. The molecule has 0 unspecified atom stereocenters. The van der Waals surface area contributed by atoms with Gasteiger partial charge in [-0.3, -0.25) is 14.3 Å². The number of fused-ring (bicyclic) bond motifs is 2. The molecule has 3 N–H and O–H groups in total. The van der Waals surface area contributed by atoms with Crippen molar-refractivity contribution in [2.45, 2.75) is 19.6 Å². The van der Waals surface area contributed by atoms with Crippen molar-refractivity contribution in [3.8, 4) is 0 Å². The number of H-pyrrole nitrogens is 1. The van der Waals surface area contributed by atoms with Crippen LogP contribution in [0, 0.1) is 0 Å². The van der Waals surface area contributed by atoms with E-state index in [2.05, 4.69) is 25.7 Å². The maximum atomic E-state index is 12.3. The number of halogens is 1. The number of aromatic nitrogens is 4. The summed E-state index contributed by atoms with van der Waals surface area (Å²) in [7, 11) is 0. The van der Waals surface area contributed by atoms with Crippen molar-refractivity contribution >= 4 is 29.3 Å². The monoisotopic (exact) mass is 360 g/mol. The zero-order valence-corrected chi connectivity index (χ0v) is 14.1. The largest absolute Gasteiger partial charge is 0.345 e. The molecule has 0 radical (unpaired) electrons. The lowest BCUT2D eigenvalue weighted by molar-refractivity contribution is 0.0944. The quantitative estimate of drug-likeness (QED) is 0.633. The van der Waals surface area contributed by atoms with Crippen molar-refractivity contribution in [2.75, 3.05) is 6.54 Å². The Morgan fingerprint density at radius 3 is 3.00 bits per heavy atom. The Labute approximate surface area is 149 Å². The molecule has 0 aliphatic carbocycles. The highest BCUT2D eigenvalue weighted by molar-refractivity contribution is 5.93. The predicted molar refractivity (Wildman–Crippen MR) is 94.7 cm³/mol. The van der Waals surface area contributed by atoms with Crippen LogP contribution in [0.5, 0.6) is 0 Å². The molecule has 0 fully saturated rings. The topological polar surface area (TPSA) is 105 Å². The first kappa shape index (κ1) is 17.1. The van der Waals surface area contributed by atoms with Gasteiger partial charge in [-0.15, -0.1) is 12.4 Å². The van der Waals surface area contributed by atoms with Crippen LogP contribution in [0.3, 0.4) is 0 Å². The molecule has 1 aliphatic heterocycles. The van der Waals surface area contributed by atoms with E-state index in [0.29, 0.717) is 11.0 Å². The zero-order chi connectivity index (χ0) is 16.5. The van der Waals surface area contributed by atoms with Crippen LogP contribution in [0.4, 0.5) is 0 Å². The second-order valence-electron chi connectivity index (χ2n) is 5.64. The van der Waals surface area contributed by atoms with E-state index in [1.807, 2.05) is 10.7 Å². The van der Waals surface area contributed by atoms with Crippen LogP contribution in [-0.4, -0.2) is 32.2 Å². The normalized spacial score (nSPS) is 13.1. The van der Waals surface area contributed by atoms with E-state index in [1.165, 1.54) is 0 Å². The number of hydrogen-bond acceptors (Lipinski definition) is 5. The van der Waals surface area contributed by atoms with E-state index in [-0.39, 0.29) is 24.6 Å². The van der Waals surface area contributed by atoms with Crippen molar-refractivity contribution in [1.82, 2.24) is 30.4 Å². The highest BCUT2D eigenvalue weighted by Crippen LogP contribution is 2.08. The molecule has 3 aromatic rings. The van der Waals surface area contributed by atoms with Gasteiger partial charge in [0.25, 0.3) is 11.5 Å². The Bertz CT molecular complexity index is 957. The molecular formula is C16H17ClN6O2. The summed E-state index contributed by atoms with van der Waals surface area (Å²) in [5.74, 6) is -0.508. The third-order valence-corrected chi connectivity index (χ3v) is 3.97. The fourth-order valence-corrected chi connectivity index (χ4v) is 2.78. The molecule has 130 valence electrons. The summed E-state index contributed by atoms with van der Waals surface area (Å²) in [6, 6.07) is 9.05.